The number of nitrogens with zero attached hydrogens (tertiary/aromatic N) is 5. The predicted octanol–water partition coefficient (Wildman–Crippen LogP) is 4.72. The van der Waals surface area contributed by atoms with Gasteiger partial charge in [0.25, 0.3) is 0 Å². The third kappa shape index (κ3) is 6.35. The highest BCUT2D eigenvalue weighted by atomic mass is 35.5. The van der Waals surface area contributed by atoms with E-state index in [2.05, 4.69) is 38.6 Å². The lowest BCUT2D eigenvalue weighted by atomic mass is 10.0. The fraction of sp³-hybridized carbons (Fsp3) is 0.393. The summed E-state index contributed by atoms with van der Waals surface area (Å²) in [6.45, 7) is 4.13. The van der Waals surface area contributed by atoms with E-state index in [4.69, 9.17) is 19.2 Å². The van der Waals surface area contributed by atoms with Crippen molar-refractivity contribution in [1.82, 2.24) is 25.1 Å². The largest absolute Gasteiger partial charge is 0.497 e. The van der Waals surface area contributed by atoms with Crippen LogP contribution in [-0.2, 0) is 11.3 Å². The Morgan fingerprint density at radius 3 is 2.47 bits per heavy atom. The number of rotatable bonds is 10. The van der Waals surface area contributed by atoms with Gasteiger partial charge >= 0.3 is 0 Å². The first-order valence-electron chi connectivity index (χ1n) is 12.7. The molecule has 9 nitrogen and oxygen atoms in total. The smallest absolute Gasteiger partial charge is 0.124 e. The molecule has 10 heteroatoms. The van der Waals surface area contributed by atoms with Crippen molar-refractivity contribution >= 4 is 34.8 Å². The van der Waals surface area contributed by atoms with E-state index in [1.54, 1.807) is 14.2 Å². The Morgan fingerprint density at radius 1 is 1.00 bits per heavy atom. The van der Waals surface area contributed by atoms with E-state index < -0.39 is 0 Å². The maximum atomic E-state index is 5.51. The Bertz CT molecular complexity index is 1320. The van der Waals surface area contributed by atoms with Crippen molar-refractivity contribution in [3.05, 3.63) is 55.0 Å². The van der Waals surface area contributed by atoms with Gasteiger partial charge in [-0.05, 0) is 44.0 Å². The van der Waals surface area contributed by atoms with E-state index in [0.717, 1.165) is 90.9 Å². The normalized spacial score (nSPS) is 13.8. The first-order chi connectivity index (χ1) is 18.2. The molecule has 1 aliphatic rings. The Morgan fingerprint density at radius 2 is 1.76 bits per heavy atom. The summed E-state index contributed by atoms with van der Waals surface area (Å²) < 4.78 is 18.5. The molecule has 4 aromatic rings. The molecule has 0 bridgehead atoms. The highest BCUT2D eigenvalue weighted by Crippen LogP contribution is 2.34. The standard InChI is InChI=1S/C28H34N6O3.ClH/c1-29-8-9-34(23-12-24(35-2)15-25(13-23)36-3)22-4-5-26-27(14-22)32-28(17-30-26)21-16-31-33(19-21)18-20-6-10-37-11-7-20;/h4-5,12-17,19-20,29H,6-11,18H2,1-3H3;1H. The van der Waals surface area contributed by atoms with Crippen LogP contribution in [0.2, 0.25) is 0 Å². The van der Waals surface area contributed by atoms with Crippen LogP contribution in [0.3, 0.4) is 0 Å². The number of ether oxygens (including phenoxy) is 3. The quantitative estimate of drug-likeness (QED) is 0.310. The number of hydrogen-bond donors (Lipinski definition) is 1. The number of aromatic nitrogens is 4. The van der Waals surface area contributed by atoms with E-state index in [9.17, 15) is 0 Å². The number of fused-ring (bicyclic) bond motifs is 1. The van der Waals surface area contributed by atoms with Crippen molar-refractivity contribution in [2.24, 2.45) is 5.92 Å². The average Bonchev–Trinajstić information content (AvgIpc) is 3.41. The molecule has 202 valence electrons. The molecule has 38 heavy (non-hydrogen) atoms. The first kappa shape index (κ1) is 27.6. The second-order valence-corrected chi connectivity index (χ2v) is 9.26. The Hall–Kier alpha value is -3.40. The molecule has 0 aliphatic carbocycles. The van der Waals surface area contributed by atoms with Crippen molar-refractivity contribution in [1.29, 1.82) is 0 Å². The van der Waals surface area contributed by atoms with Crippen LogP contribution in [0, 0.1) is 5.92 Å². The number of benzene rings is 2. The Kier molecular flexibility index (Phi) is 9.38. The monoisotopic (exact) mass is 538 g/mol. The molecule has 2 aromatic carbocycles. The summed E-state index contributed by atoms with van der Waals surface area (Å²) in [5.74, 6) is 2.08. The summed E-state index contributed by atoms with van der Waals surface area (Å²) >= 11 is 0. The molecule has 0 saturated carbocycles. The van der Waals surface area contributed by atoms with Crippen LogP contribution in [0.15, 0.2) is 55.0 Å². The molecule has 0 unspecified atom stereocenters. The highest BCUT2D eigenvalue weighted by Gasteiger charge is 2.16. The van der Waals surface area contributed by atoms with E-state index >= 15 is 0 Å². The molecule has 0 radical (unpaired) electrons. The number of halogens is 1. The van der Waals surface area contributed by atoms with Crippen LogP contribution in [0.1, 0.15) is 12.8 Å². The Balaban J connectivity index is 0.00000336. The van der Waals surface area contributed by atoms with Gasteiger partial charge in [-0.3, -0.25) is 9.67 Å². The second kappa shape index (κ2) is 12.9. The second-order valence-electron chi connectivity index (χ2n) is 9.26. The molecule has 1 fully saturated rings. The summed E-state index contributed by atoms with van der Waals surface area (Å²) in [6.07, 6.45) is 7.93. The average molecular weight is 539 g/mol. The number of methoxy groups -OCH3 is 2. The fourth-order valence-corrected chi connectivity index (χ4v) is 4.68. The maximum absolute atomic E-state index is 5.51. The lowest BCUT2D eigenvalue weighted by Crippen LogP contribution is -2.26. The van der Waals surface area contributed by atoms with Crippen molar-refractivity contribution in [3.8, 4) is 22.8 Å². The highest BCUT2D eigenvalue weighted by molar-refractivity contribution is 5.85. The van der Waals surface area contributed by atoms with Crippen LogP contribution in [0.25, 0.3) is 22.3 Å². The van der Waals surface area contributed by atoms with E-state index in [1.165, 1.54) is 0 Å². The third-order valence-corrected chi connectivity index (χ3v) is 6.79. The van der Waals surface area contributed by atoms with Gasteiger partial charge in [-0.15, -0.1) is 12.4 Å². The molecule has 0 atom stereocenters. The van der Waals surface area contributed by atoms with Crippen LogP contribution >= 0.6 is 12.4 Å². The topological polar surface area (TPSA) is 86.6 Å². The predicted molar refractivity (Wildman–Crippen MR) is 152 cm³/mol. The van der Waals surface area contributed by atoms with Gasteiger partial charge in [0.2, 0.25) is 0 Å². The summed E-state index contributed by atoms with van der Waals surface area (Å²) in [5.41, 5.74) is 5.45. The van der Waals surface area contributed by atoms with Gasteiger partial charge in [-0.25, -0.2) is 4.98 Å². The van der Waals surface area contributed by atoms with Gasteiger partial charge in [0.1, 0.15) is 11.5 Å². The molecule has 1 N–H and O–H groups in total. The van der Waals surface area contributed by atoms with E-state index in [0.29, 0.717) is 5.92 Å². The lowest BCUT2D eigenvalue weighted by molar-refractivity contribution is 0.0601. The van der Waals surface area contributed by atoms with Crippen LogP contribution in [-0.4, -0.2) is 67.3 Å². The van der Waals surface area contributed by atoms with E-state index in [1.807, 2.05) is 48.4 Å². The van der Waals surface area contributed by atoms with Gasteiger partial charge in [0.15, 0.2) is 0 Å². The zero-order chi connectivity index (χ0) is 25.6. The van der Waals surface area contributed by atoms with Crippen molar-refractivity contribution < 1.29 is 14.2 Å². The third-order valence-electron chi connectivity index (χ3n) is 6.79. The minimum atomic E-state index is 0. The molecule has 1 aliphatic heterocycles. The molecule has 1 saturated heterocycles. The molecule has 2 aromatic heterocycles. The molecular weight excluding hydrogens is 504 g/mol. The molecule has 3 heterocycles. The number of hydrogen-bond acceptors (Lipinski definition) is 8. The fourth-order valence-electron chi connectivity index (χ4n) is 4.68. The summed E-state index contributed by atoms with van der Waals surface area (Å²) in [4.78, 5) is 11.9. The van der Waals surface area contributed by atoms with Gasteiger partial charge < -0.3 is 24.4 Å². The number of anilines is 2. The van der Waals surface area contributed by atoms with Crippen molar-refractivity contribution in [3.63, 3.8) is 0 Å². The van der Waals surface area contributed by atoms with Gasteiger partial charge in [-0.2, -0.15) is 5.10 Å². The molecule has 5 rings (SSSR count). The number of nitrogens with one attached hydrogen (secondary N) is 1. The lowest BCUT2D eigenvalue weighted by Gasteiger charge is -2.26. The summed E-state index contributed by atoms with van der Waals surface area (Å²) in [7, 11) is 5.27. The van der Waals surface area contributed by atoms with Crippen molar-refractivity contribution in [2.45, 2.75) is 19.4 Å². The van der Waals surface area contributed by atoms with Gasteiger partial charge in [0.05, 0.1) is 43.3 Å². The van der Waals surface area contributed by atoms with E-state index in [-0.39, 0.29) is 12.4 Å². The first-order valence-corrected chi connectivity index (χ1v) is 12.7. The molecular formula is C28H35ClN6O3. The number of likely N-dealkylation sites (N-methyl/N-ethyl adjacent to an activating group) is 1. The maximum Gasteiger partial charge on any atom is 0.124 e. The zero-order valence-corrected chi connectivity index (χ0v) is 22.9. The molecule has 0 spiro atoms. The summed E-state index contributed by atoms with van der Waals surface area (Å²) in [6, 6.07) is 12.1. The van der Waals surface area contributed by atoms with Gasteiger partial charge in [-0.1, -0.05) is 0 Å². The SMILES string of the molecule is CNCCN(c1cc(OC)cc(OC)c1)c1ccc2ncc(-c3cnn(CC4CCOCC4)c3)nc2c1.Cl. The summed E-state index contributed by atoms with van der Waals surface area (Å²) in [5, 5.41) is 7.83. The van der Waals surface area contributed by atoms with Crippen LogP contribution in [0.5, 0.6) is 11.5 Å². The zero-order valence-electron chi connectivity index (χ0n) is 22.1. The minimum absolute atomic E-state index is 0. The van der Waals surface area contributed by atoms with Crippen LogP contribution < -0.4 is 19.7 Å². The van der Waals surface area contributed by atoms with Crippen molar-refractivity contribution in [2.75, 3.05) is 52.5 Å². The van der Waals surface area contributed by atoms with Crippen LogP contribution in [0.4, 0.5) is 11.4 Å². The molecule has 0 amide bonds. The minimum Gasteiger partial charge on any atom is -0.497 e. The van der Waals surface area contributed by atoms with Gasteiger partial charge in [0, 0.05) is 74.2 Å². The Labute approximate surface area is 229 Å².